The molecule has 0 bridgehead atoms. The molecule has 0 aliphatic heterocycles. The molecule has 114 valence electrons. The van der Waals surface area contributed by atoms with Gasteiger partial charge in [-0.25, -0.2) is 4.79 Å². The minimum Gasteiger partial charge on any atom is -0.450 e. The van der Waals surface area contributed by atoms with Crippen LogP contribution in [0.2, 0.25) is 0 Å². The summed E-state index contributed by atoms with van der Waals surface area (Å²) in [6.45, 7) is 4.95. The van der Waals surface area contributed by atoms with Crippen LogP contribution in [0.4, 0.5) is 4.79 Å². The number of amides is 1. The number of rotatable bonds is 5. The maximum atomic E-state index is 11.3. The first-order valence-corrected chi connectivity index (χ1v) is 8.04. The van der Waals surface area contributed by atoms with Crippen LogP contribution in [0, 0.1) is 0 Å². The Morgan fingerprint density at radius 1 is 1.38 bits per heavy atom. The number of hydrogen-bond acceptors (Lipinski definition) is 2. The van der Waals surface area contributed by atoms with E-state index in [1.807, 2.05) is 0 Å². The number of nitrogens with zero attached hydrogens (tertiary/aromatic N) is 1. The smallest absolute Gasteiger partial charge is 0.407 e. The Morgan fingerprint density at radius 2 is 2.14 bits per heavy atom. The van der Waals surface area contributed by atoms with Gasteiger partial charge in [0.2, 0.25) is 0 Å². The molecule has 2 aromatic rings. The molecule has 0 spiro atoms. The summed E-state index contributed by atoms with van der Waals surface area (Å²) in [6.07, 6.45) is 1.43. The van der Waals surface area contributed by atoms with E-state index < -0.39 is 0 Å². The van der Waals surface area contributed by atoms with Crippen molar-refractivity contribution in [1.82, 2.24) is 9.88 Å². The average Bonchev–Trinajstić information content (AvgIpc) is 2.72. The number of aryl methyl sites for hydroxylation is 2. The van der Waals surface area contributed by atoms with Crippen LogP contribution >= 0.6 is 15.9 Å². The van der Waals surface area contributed by atoms with Crippen LogP contribution in [-0.4, -0.2) is 23.8 Å². The first-order chi connectivity index (χ1) is 10.1. The summed E-state index contributed by atoms with van der Waals surface area (Å²) in [5.41, 5.74) is 3.83. The number of fused-ring (bicyclic) bond motifs is 1. The fourth-order valence-electron chi connectivity index (χ4n) is 2.72. The summed E-state index contributed by atoms with van der Waals surface area (Å²) in [5, 5.41) is 4.07. The van der Waals surface area contributed by atoms with Crippen LogP contribution in [0.3, 0.4) is 0 Å². The molecule has 0 saturated heterocycles. The lowest BCUT2D eigenvalue weighted by Crippen LogP contribution is -2.27. The standard InChI is InChI=1S/C16H21BrN2O2/c1-4-12-13-7-6-11(17)10-15(13)19(3)14(12)8-9-18-16(20)21-5-2/h6-7,10H,4-5,8-9H2,1-3H3,(H,18,20). The van der Waals surface area contributed by atoms with Gasteiger partial charge < -0.3 is 14.6 Å². The van der Waals surface area contributed by atoms with Crippen LogP contribution in [-0.2, 0) is 24.6 Å². The van der Waals surface area contributed by atoms with Crippen LogP contribution in [0.1, 0.15) is 25.1 Å². The summed E-state index contributed by atoms with van der Waals surface area (Å²) in [5.74, 6) is 0. The highest BCUT2D eigenvalue weighted by Gasteiger charge is 2.14. The molecule has 1 aromatic carbocycles. The van der Waals surface area contributed by atoms with Gasteiger partial charge in [0.1, 0.15) is 0 Å². The fraction of sp³-hybridized carbons (Fsp3) is 0.438. The van der Waals surface area contributed by atoms with Crippen molar-refractivity contribution in [3.8, 4) is 0 Å². The summed E-state index contributed by atoms with van der Waals surface area (Å²) in [6, 6.07) is 6.36. The molecule has 0 fully saturated rings. The van der Waals surface area contributed by atoms with E-state index in [-0.39, 0.29) is 6.09 Å². The van der Waals surface area contributed by atoms with Gasteiger partial charge in [-0.3, -0.25) is 0 Å². The van der Waals surface area contributed by atoms with E-state index in [1.54, 1.807) is 6.92 Å². The highest BCUT2D eigenvalue weighted by molar-refractivity contribution is 9.10. The van der Waals surface area contributed by atoms with E-state index in [0.29, 0.717) is 13.2 Å². The number of benzene rings is 1. The highest BCUT2D eigenvalue weighted by atomic mass is 79.9. The van der Waals surface area contributed by atoms with Crippen molar-refractivity contribution in [2.75, 3.05) is 13.2 Å². The van der Waals surface area contributed by atoms with Gasteiger partial charge in [-0.1, -0.05) is 28.9 Å². The summed E-state index contributed by atoms with van der Waals surface area (Å²) >= 11 is 3.52. The zero-order chi connectivity index (χ0) is 15.4. The number of carbonyl (C=O) groups is 1. The van der Waals surface area contributed by atoms with Crippen molar-refractivity contribution in [1.29, 1.82) is 0 Å². The van der Waals surface area contributed by atoms with Gasteiger partial charge in [0.15, 0.2) is 0 Å². The molecule has 0 radical (unpaired) electrons. The molecule has 4 nitrogen and oxygen atoms in total. The van der Waals surface area contributed by atoms with Crippen molar-refractivity contribution < 1.29 is 9.53 Å². The monoisotopic (exact) mass is 352 g/mol. The molecule has 0 atom stereocenters. The Kier molecular flexibility index (Phi) is 5.28. The lowest BCUT2D eigenvalue weighted by atomic mass is 10.1. The highest BCUT2D eigenvalue weighted by Crippen LogP contribution is 2.28. The normalized spacial score (nSPS) is 10.9. The average molecular weight is 353 g/mol. The molecule has 1 aromatic heterocycles. The lowest BCUT2D eigenvalue weighted by molar-refractivity contribution is 0.152. The molecular weight excluding hydrogens is 332 g/mol. The predicted octanol–water partition coefficient (Wildman–Crippen LogP) is 3.79. The van der Waals surface area contributed by atoms with Gasteiger partial charge in [0, 0.05) is 41.1 Å². The SMILES string of the molecule is CCOC(=O)NCCc1c(CC)c2ccc(Br)cc2n1C. The summed E-state index contributed by atoms with van der Waals surface area (Å²) in [7, 11) is 2.08. The maximum Gasteiger partial charge on any atom is 0.407 e. The van der Waals surface area contributed by atoms with Crippen LogP contribution in [0.15, 0.2) is 22.7 Å². The summed E-state index contributed by atoms with van der Waals surface area (Å²) < 4.78 is 8.17. The maximum absolute atomic E-state index is 11.3. The fourth-order valence-corrected chi connectivity index (χ4v) is 3.07. The van der Waals surface area contributed by atoms with E-state index in [9.17, 15) is 4.79 Å². The molecule has 1 N–H and O–H groups in total. The van der Waals surface area contributed by atoms with E-state index in [0.717, 1.165) is 17.3 Å². The van der Waals surface area contributed by atoms with Gasteiger partial charge in [-0.2, -0.15) is 0 Å². The number of ether oxygens (including phenoxy) is 1. The number of aromatic nitrogens is 1. The van der Waals surface area contributed by atoms with Gasteiger partial charge in [0.05, 0.1) is 6.61 Å². The van der Waals surface area contributed by atoms with E-state index in [1.165, 1.54) is 22.2 Å². The molecule has 0 unspecified atom stereocenters. The molecule has 0 aliphatic carbocycles. The van der Waals surface area contributed by atoms with Crippen LogP contribution < -0.4 is 5.32 Å². The molecule has 1 heterocycles. The van der Waals surface area contributed by atoms with Gasteiger partial charge in [-0.15, -0.1) is 0 Å². The van der Waals surface area contributed by atoms with Crippen molar-refractivity contribution in [2.45, 2.75) is 26.7 Å². The molecule has 0 saturated carbocycles. The Labute approximate surface area is 133 Å². The molecule has 1 amide bonds. The minimum atomic E-state index is -0.350. The predicted molar refractivity (Wildman–Crippen MR) is 88.7 cm³/mol. The van der Waals surface area contributed by atoms with Crippen molar-refractivity contribution in [3.05, 3.63) is 33.9 Å². The number of hydrogen-bond donors (Lipinski definition) is 1. The largest absolute Gasteiger partial charge is 0.450 e. The number of nitrogens with one attached hydrogen (secondary N) is 1. The Bertz CT molecular complexity index is 649. The number of carbonyl (C=O) groups excluding carboxylic acids is 1. The molecular formula is C16H21BrN2O2. The van der Waals surface area contributed by atoms with E-state index in [2.05, 4.69) is 58.0 Å². The molecule has 0 aliphatic rings. The first-order valence-electron chi connectivity index (χ1n) is 7.24. The summed E-state index contributed by atoms with van der Waals surface area (Å²) in [4.78, 5) is 11.3. The number of alkyl carbamates (subject to hydrolysis) is 1. The third-order valence-electron chi connectivity index (χ3n) is 3.66. The van der Waals surface area contributed by atoms with Crippen LogP contribution in [0.25, 0.3) is 10.9 Å². The van der Waals surface area contributed by atoms with Gasteiger partial charge in [0.25, 0.3) is 0 Å². The second-order valence-electron chi connectivity index (χ2n) is 4.90. The third-order valence-corrected chi connectivity index (χ3v) is 4.15. The minimum absolute atomic E-state index is 0.350. The first kappa shape index (κ1) is 15.9. The third kappa shape index (κ3) is 3.40. The Morgan fingerprint density at radius 3 is 2.81 bits per heavy atom. The topological polar surface area (TPSA) is 43.3 Å². The molecule has 2 rings (SSSR count). The molecule has 5 heteroatoms. The zero-order valence-electron chi connectivity index (χ0n) is 12.7. The van der Waals surface area contributed by atoms with Crippen molar-refractivity contribution >= 4 is 32.9 Å². The zero-order valence-corrected chi connectivity index (χ0v) is 14.3. The lowest BCUT2D eigenvalue weighted by Gasteiger charge is -2.08. The Hall–Kier alpha value is -1.49. The van der Waals surface area contributed by atoms with Crippen molar-refractivity contribution in [3.63, 3.8) is 0 Å². The van der Waals surface area contributed by atoms with Gasteiger partial charge in [-0.05, 0) is 31.0 Å². The van der Waals surface area contributed by atoms with Crippen LogP contribution in [0.5, 0.6) is 0 Å². The van der Waals surface area contributed by atoms with Crippen molar-refractivity contribution in [2.24, 2.45) is 7.05 Å². The van der Waals surface area contributed by atoms with E-state index >= 15 is 0 Å². The van der Waals surface area contributed by atoms with Gasteiger partial charge >= 0.3 is 6.09 Å². The van der Waals surface area contributed by atoms with E-state index in [4.69, 9.17) is 4.74 Å². The second kappa shape index (κ2) is 6.98. The number of halogens is 1. The molecule has 21 heavy (non-hydrogen) atoms. The Balaban J connectivity index is 2.22. The second-order valence-corrected chi connectivity index (χ2v) is 5.81. The quantitative estimate of drug-likeness (QED) is 0.889.